The number of hydrogen-bond donors (Lipinski definition) is 3. The fraction of sp³-hybridized carbons (Fsp3) is 0.429. The van der Waals surface area contributed by atoms with Crippen molar-refractivity contribution in [3.8, 4) is 0 Å². The molecule has 2 aliphatic rings. The van der Waals surface area contributed by atoms with E-state index in [2.05, 4.69) is 62.5 Å². The molecule has 0 spiro atoms. The van der Waals surface area contributed by atoms with Crippen LogP contribution in [0.1, 0.15) is 70.9 Å². The van der Waals surface area contributed by atoms with E-state index >= 15 is 0 Å². The molecule has 0 bridgehead atoms. The van der Waals surface area contributed by atoms with Crippen molar-refractivity contribution in [1.29, 1.82) is 0 Å². The average Bonchev–Trinajstić information content (AvgIpc) is 3.48. The molecule has 1 atom stereocenters. The molecular formula is C28H33IN4O2. The van der Waals surface area contributed by atoms with Gasteiger partial charge in [-0.2, -0.15) is 0 Å². The maximum Gasteiger partial charge on any atom is 0.251 e. The number of aromatic amines is 1. The second-order valence-electron chi connectivity index (χ2n) is 9.65. The summed E-state index contributed by atoms with van der Waals surface area (Å²) < 4.78 is 1.03. The fourth-order valence-electron chi connectivity index (χ4n) is 5.31. The SMILES string of the molecule is O=C(NCCCN1CCCC1=O)c1ccc2[nH]c3c(c2c1)CCCC3NCc1ccc(CI)cc1. The molecule has 1 aromatic heterocycles. The maximum atomic E-state index is 12.8. The van der Waals surface area contributed by atoms with E-state index in [1.807, 2.05) is 23.1 Å². The van der Waals surface area contributed by atoms with Gasteiger partial charge < -0.3 is 20.5 Å². The zero-order chi connectivity index (χ0) is 24.2. The Morgan fingerprint density at radius 2 is 1.91 bits per heavy atom. The van der Waals surface area contributed by atoms with Crippen molar-refractivity contribution in [2.45, 2.75) is 55.5 Å². The van der Waals surface area contributed by atoms with Crippen LogP contribution in [0.3, 0.4) is 0 Å². The summed E-state index contributed by atoms with van der Waals surface area (Å²) in [5.41, 5.74) is 7.05. The molecule has 7 heteroatoms. The number of nitrogens with zero attached hydrogens (tertiary/aromatic N) is 1. The number of aromatic nitrogens is 1. The van der Waals surface area contributed by atoms with Crippen LogP contribution in [-0.4, -0.2) is 41.3 Å². The predicted molar refractivity (Wildman–Crippen MR) is 148 cm³/mol. The number of H-pyrrole nitrogens is 1. The first-order chi connectivity index (χ1) is 17.1. The van der Waals surface area contributed by atoms with Gasteiger partial charge in [-0.3, -0.25) is 9.59 Å². The third kappa shape index (κ3) is 5.56. The number of carbonyl (C=O) groups is 2. The Hall–Kier alpha value is -2.39. The lowest BCUT2D eigenvalue weighted by molar-refractivity contribution is -0.127. The van der Waals surface area contributed by atoms with Gasteiger partial charge in [0.15, 0.2) is 0 Å². The normalized spacial score (nSPS) is 17.7. The van der Waals surface area contributed by atoms with Crippen LogP contribution in [0.2, 0.25) is 0 Å². The molecule has 0 radical (unpaired) electrons. The van der Waals surface area contributed by atoms with Gasteiger partial charge in [0, 0.05) is 65.2 Å². The lowest BCUT2D eigenvalue weighted by Gasteiger charge is -2.24. The van der Waals surface area contributed by atoms with E-state index in [9.17, 15) is 9.59 Å². The van der Waals surface area contributed by atoms with E-state index in [1.165, 1.54) is 22.4 Å². The van der Waals surface area contributed by atoms with Gasteiger partial charge >= 0.3 is 0 Å². The van der Waals surface area contributed by atoms with Gasteiger partial charge in [-0.25, -0.2) is 0 Å². The highest BCUT2D eigenvalue weighted by Gasteiger charge is 2.24. The van der Waals surface area contributed by atoms with Crippen molar-refractivity contribution >= 4 is 45.3 Å². The molecule has 35 heavy (non-hydrogen) atoms. The van der Waals surface area contributed by atoms with Crippen LogP contribution in [0, 0.1) is 0 Å². The molecule has 3 aromatic rings. The lowest BCUT2D eigenvalue weighted by atomic mass is 9.91. The van der Waals surface area contributed by atoms with Gasteiger partial charge in [0.2, 0.25) is 5.91 Å². The van der Waals surface area contributed by atoms with Crippen molar-refractivity contribution in [1.82, 2.24) is 20.5 Å². The smallest absolute Gasteiger partial charge is 0.251 e. The minimum atomic E-state index is -0.0463. The van der Waals surface area contributed by atoms with E-state index in [0.717, 1.165) is 67.1 Å². The Balaban J connectivity index is 1.22. The van der Waals surface area contributed by atoms with Crippen LogP contribution in [0.25, 0.3) is 10.9 Å². The van der Waals surface area contributed by atoms with Crippen molar-refractivity contribution in [2.24, 2.45) is 0 Å². The Kier molecular flexibility index (Phi) is 7.72. The van der Waals surface area contributed by atoms with Gasteiger partial charge in [-0.1, -0.05) is 46.9 Å². The minimum Gasteiger partial charge on any atom is -0.357 e. The van der Waals surface area contributed by atoms with Crippen LogP contribution >= 0.6 is 22.6 Å². The molecule has 1 aliphatic heterocycles. The molecule has 2 heterocycles. The topological polar surface area (TPSA) is 77.2 Å². The van der Waals surface area contributed by atoms with Crippen LogP contribution in [0.4, 0.5) is 0 Å². The number of benzene rings is 2. The molecular weight excluding hydrogens is 551 g/mol. The molecule has 3 N–H and O–H groups in total. The molecule has 1 saturated heterocycles. The Bertz CT molecular complexity index is 1200. The van der Waals surface area contributed by atoms with Crippen molar-refractivity contribution < 1.29 is 9.59 Å². The highest BCUT2D eigenvalue weighted by molar-refractivity contribution is 14.1. The highest BCUT2D eigenvalue weighted by atomic mass is 127. The zero-order valence-electron chi connectivity index (χ0n) is 20.0. The largest absolute Gasteiger partial charge is 0.357 e. The third-order valence-electron chi connectivity index (χ3n) is 7.26. The number of amides is 2. The third-order valence-corrected chi connectivity index (χ3v) is 8.14. The van der Waals surface area contributed by atoms with Crippen LogP contribution < -0.4 is 10.6 Å². The molecule has 1 aliphatic carbocycles. The molecule has 1 unspecified atom stereocenters. The minimum absolute atomic E-state index is 0.0463. The van der Waals surface area contributed by atoms with Crippen LogP contribution in [0.5, 0.6) is 0 Å². The molecule has 2 aromatic carbocycles. The summed E-state index contributed by atoms with van der Waals surface area (Å²) in [6, 6.07) is 15.1. The molecule has 184 valence electrons. The Morgan fingerprint density at radius 1 is 1.09 bits per heavy atom. The number of nitrogens with one attached hydrogen (secondary N) is 3. The second-order valence-corrected chi connectivity index (χ2v) is 10.4. The zero-order valence-corrected chi connectivity index (χ0v) is 22.2. The Morgan fingerprint density at radius 3 is 2.69 bits per heavy atom. The van der Waals surface area contributed by atoms with Crippen LogP contribution in [-0.2, 0) is 22.2 Å². The second kappa shape index (κ2) is 11.1. The number of likely N-dealkylation sites (tertiary alicyclic amines) is 1. The monoisotopic (exact) mass is 584 g/mol. The maximum absolute atomic E-state index is 12.8. The van der Waals surface area contributed by atoms with Gasteiger partial charge in [-0.15, -0.1) is 0 Å². The van der Waals surface area contributed by atoms with Crippen molar-refractivity contribution in [3.63, 3.8) is 0 Å². The number of fused-ring (bicyclic) bond motifs is 3. The van der Waals surface area contributed by atoms with Gasteiger partial charge in [0.05, 0.1) is 0 Å². The van der Waals surface area contributed by atoms with Crippen molar-refractivity contribution in [2.75, 3.05) is 19.6 Å². The van der Waals surface area contributed by atoms with Gasteiger partial charge in [-0.05, 0) is 67.0 Å². The number of hydrogen-bond acceptors (Lipinski definition) is 3. The summed E-state index contributed by atoms with van der Waals surface area (Å²) in [7, 11) is 0. The predicted octanol–water partition coefficient (Wildman–Crippen LogP) is 5.01. The first-order valence-corrected chi connectivity index (χ1v) is 14.2. The summed E-state index contributed by atoms with van der Waals surface area (Å²) in [5, 5.41) is 7.94. The quantitative estimate of drug-likeness (QED) is 0.188. The number of rotatable bonds is 9. The molecule has 0 saturated carbocycles. The summed E-state index contributed by atoms with van der Waals surface area (Å²) in [6.07, 6.45) is 5.68. The van der Waals surface area contributed by atoms with E-state index in [4.69, 9.17) is 0 Å². The average molecular weight is 585 g/mol. The molecule has 6 nitrogen and oxygen atoms in total. The lowest BCUT2D eigenvalue weighted by Crippen LogP contribution is -2.30. The number of halogens is 1. The first kappa shape index (κ1) is 24.3. The van der Waals surface area contributed by atoms with E-state index in [-0.39, 0.29) is 11.8 Å². The summed E-state index contributed by atoms with van der Waals surface area (Å²) in [5.74, 6) is 0.191. The fourth-order valence-corrected chi connectivity index (χ4v) is 5.82. The summed E-state index contributed by atoms with van der Waals surface area (Å²) in [6.45, 7) is 3.00. The molecule has 2 amide bonds. The van der Waals surface area contributed by atoms with Gasteiger partial charge in [0.1, 0.15) is 0 Å². The molecule has 5 rings (SSSR count). The first-order valence-electron chi connectivity index (χ1n) is 12.7. The molecule has 1 fully saturated rings. The number of aryl methyl sites for hydroxylation is 1. The Labute approximate surface area is 220 Å². The van der Waals surface area contributed by atoms with Crippen molar-refractivity contribution in [3.05, 3.63) is 70.4 Å². The number of alkyl halides is 1. The van der Waals surface area contributed by atoms with Crippen LogP contribution in [0.15, 0.2) is 42.5 Å². The summed E-state index contributed by atoms with van der Waals surface area (Å²) >= 11 is 2.39. The standard InChI is InChI=1S/C28H33IN4O2/c29-17-19-7-9-20(10-8-19)18-31-25-5-1-4-22-23-16-21(11-12-24(23)32-27(22)25)28(35)30-13-3-15-33-14-2-6-26(33)34/h7-12,16,25,31-32H,1-6,13-15,17-18H2,(H,30,35). The summed E-state index contributed by atoms with van der Waals surface area (Å²) in [4.78, 5) is 30.1. The highest BCUT2D eigenvalue weighted by Crippen LogP contribution is 2.35. The van der Waals surface area contributed by atoms with E-state index < -0.39 is 0 Å². The number of carbonyl (C=O) groups excluding carboxylic acids is 2. The van der Waals surface area contributed by atoms with E-state index in [1.54, 1.807) is 0 Å². The van der Waals surface area contributed by atoms with E-state index in [0.29, 0.717) is 24.6 Å². The van der Waals surface area contributed by atoms with Gasteiger partial charge in [0.25, 0.3) is 5.91 Å².